The Labute approximate surface area is 168 Å². The molecule has 0 aromatic heterocycles. The normalized spacial score (nSPS) is 11.2. The Bertz CT molecular complexity index is 997. The van der Waals surface area contributed by atoms with Gasteiger partial charge < -0.3 is 0 Å². The van der Waals surface area contributed by atoms with E-state index >= 15 is 0 Å². The second-order valence-corrected chi connectivity index (χ2v) is 8.28. The fraction of sp³-hybridized carbons (Fsp3) is 0.0714. The van der Waals surface area contributed by atoms with Crippen LogP contribution in [0.5, 0.6) is 0 Å². The van der Waals surface area contributed by atoms with Crippen LogP contribution in [0.15, 0.2) is 41.3 Å². The van der Waals surface area contributed by atoms with Gasteiger partial charge in [-0.05, 0) is 29.8 Å². The summed E-state index contributed by atoms with van der Waals surface area (Å²) in [6.07, 6.45) is 0. The van der Waals surface area contributed by atoms with Crippen molar-refractivity contribution >= 4 is 73.0 Å². The minimum atomic E-state index is -4.58. The van der Waals surface area contributed by atoms with Crippen molar-refractivity contribution in [1.29, 1.82) is 0 Å². The standard InChI is InChI=1S/C14H8Cl4N2O5S/c15-8-5-10(17)12(6-9(8)16)19(7-14(18)21)26(24,25)13-4-2-1-3-11(13)20(22)23/h1-6H,7H2. The molecule has 0 fully saturated rings. The lowest BCUT2D eigenvalue weighted by molar-refractivity contribution is -0.387. The van der Waals surface area contributed by atoms with Crippen LogP contribution in [0.25, 0.3) is 0 Å². The van der Waals surface area contributed by atoms with Crippen molar-refractivity contribution in [2.24, 2.45) is 0 Å². The summed E-state index contributed by atoms with van der Waals surface area (Å²) in [7, 11) is -4.58. The molecule has 0 amide bonds. The van der Waals surface area contributed by atoms with E-state index in [4.69, 9.17) is 46.4 Å². The molecule has 2 aromatic rings. The fourth-order valence-electron chi connectivity index (χ4n) is 2.06. The van der Waals surface area contributed by atoms with Crippen molar-refractivity contribution in [1.82, 2.24) is 0 Å². The van der Waals surface area contributed by atoms with Crippen LogP contribution in [0, 0.1) is 10.1 Å². The number of carbonyl (C=O) groups excluding carboxylic acids is 1. The zero-order valence-corrected chi connectivity index (χ0v) is 16.4. The van der Waals surface area contributed by atoms with Gasteiger partial charge in [0.1, 0.15) is 6.54 Å². The average molecular weight is 458 g/mol. The number of hydrogen-bond donors (Lipinski definition) is 0. The van der Waals surface area contributed by atoms with E-state index in [9.17, 15) is 23.3 Å². The Hall–Kier alpha value is -1.58. The van der Waals surface area contributed by atoms with Gasteiger partial charge in [0, 0.05) is 6.07 Å². The number of para-hydroxylation sites is 1. The minimum Gasteiger partial charge on any atom is -0.279 e. The highest BCUT2D eigenvalue weighted by molar-refractivity contribution is 7.93. The summed E-state index contributed by atoms with van der Waals surface area (Å²) in [6, 6.07) is 6.96. The van der Waals surface area contributed by atoms with Gasteiger partial charge in [-0.3, -0.25) is 19.2 Å². The summed E-state index contributed by atoms with van der Waals surface area (Å²) in [5, 5.41) is 10.0. The molecule has 0 heterocycles. The van der Waals surface area contributed by atoms with E-state index in [-0.39, 0.29) is 20.8 Å². The molecule has 0 N–H and O–H groups in total. The summed E-state index contributed by atoms with van der Waals surface area (Å²) in [5.41, 5.74) is -0.871. The zero-order valence-electron chi connectivity index (χ0n) is 12.5. The maximum atomic E-state index is 13.0. The molecular weight excluding hydrogens is 450 g/mol. The Morgan fingerprint density at radius 2 is 1.65 bits per heavy atom. The van der Waals surface area contributed by atoms with Gasteiger partial charge in [0.2, 0.25) is 5.24 Å². The zero-order chi connectivity index (χ0) is 19.6. The van der Waals surface area contributed by atoms with Crippen molar-refractivity contribution < 1.29 is 18.1 Å². The molecule has 0 aliphatic rings. The van der Waals surface area contributed by atoms with E-state index in [0.29, 0.717) is 4.31 Å². The first-order valence-electron chi connectivity index (χ1n) is 6.64. The number of carbonyl (C=O) groups is 1. The van der Waals surface area contributed by atoms with E-state index in [1.165, 1.54) is 18.2 Å². The van der Waals surface area contributed by atoms with Crippen LogP contribution in [0.4, 0.5) is 11.4 Å². The van der Waals surface area contributed by atoms with Gasteiger partial charge in [-0.25, -0.2) is 8.42 Å². The lowest BCUT2D eigenvalue weighted by atomic mass is 10.3. The first-order chi connectivity index (χ1) is 12.1. The van der Waals surface area contributed by atoms with Crippen LogP contribution in [-0.2, 0) is 14.8 Å². The molecule has 0 saturated heterocycles. The van der Waals surface area contributed by atoms with Crippen LogP contribution in [0.1, 0.15) is 0 Å². The molecule has 0 aliphatic heterocycles. The van der Waals surface area contributed by atoms with Crippen molar-refractivity contribution in [2.75, 3.05) is 10.8 Å². The Kier molecular flexibility index (Phi) is 6.36. The second-order valence-electron chi connectivity index (χ2n) is 4.81. The topological polar surface area (TPSA) is 97.6 Å². The smallest absolute Gasteiger partial charge is 0.279 e. The first kappa shape index (κ1) is 20.7. The van der Waals surface area contributed by atoms with Crippen LogP contribution in [0.2, 0.25) is 15.1 Å². The summed E-state index contributed by atoms with van der Waals surface area (Å²) in [5.74, 6) is 0. The van der Waals surface area contributed by atoms with Gasteiger partial charge in [0.25, 0.3) is 15.7 Å². The molecule has 12 heteroatoms. The van der Waals surface area contributed by atoms with Crippen LogP contribution in [0.3, 0.4) is 0 Å². The third-order valence-corrected chi connectivity index (χ3v) is 6.11. The van der Waals surface area contributed by atoms with E-state index in [2.05, 4.69) is 0 Å². The molecule has 7 nitrogen and oxygen atoms in total. The summed E-state index contributed by atoms with van der Waals surface area (Å²) >= 11 is 23.1. The molecule has 2 aromatic carbocycles. The highest BCUT2D eigenvalue weighted by Gasteiger charge is 2.34. The predicted octanol–water partition coefficient (Wildman–Crippen LogP) is 4.52. The second kappa shape index (κ2) is 7.98. The number of nitrogens with zero attached hydrogens (tertiary/aromatic N) is 2. The predicted molar refractivity (Wildman–Crippen MR) is 100.0 cm³/mol. The third kappa shape index (κ3) is 4.21. The van der Waals surface area contributed by atoms with Crippen molar-refractivity contribution in [3.05, 3.63) is 61.6 Å². The molecular formula is C14H8Cl4N2O5S. The maximum Gasteiger partial charge on any atom is 0.289 e. The third-order valence-electron chi connectivity index (χ3n) is 3.16. The van der Waals surface area contributed by atoms with Crippen molar-refractivity contribution in [2.45, 2.75) is 4.90 Å². The number of hydrogen-bond acceptors (Lipinski definition) is 5. The molecule has 0 aliphatic carbocycles. The van der Waals surface area contributed by atoms with Crippen LogP contribution in [-0.4, -0.2) is 25.1 Å². The lowest BCUT2D eigenvalue weighted by Crippen LogP contribution is -2.35. The van der Waals surface area contributed by atoms with Crippen molar-refractivity contribution in [3.8, 4) is 0 Å². The largest absolute Gasteiger partial charge is 0.289 e. The number of nitro benzene ring substituents is 1. The maximum absolute atomic E-state index is 13.0. The van der Waals surface area contributed by atoms with Gasteiger partial charge >= 0.3 is 0 Å². The number of benzene rings is 2. The molecule has 26 heavy (non-hydrogen) atoms. The van der Waals surface area contributed by atoms with E-state index < -0.39 is 37.3 Å². The quantitative estimate of drug-likeness (QED) is 0.275. The monoisotopic (exact) mass is 456 g/mol. The summed E-state index contributed by atoms with van der Waals surface area (Å²) < 4.78 is 26.6. The van der Waals surface area contributed by atoms with Crippen molar-refractivity contribution in [3.63, 3.8) is 0 Å². The molecule has 0 radical (unpaired) electrons. The van der Waals surface area contributed by atoms with E-state index in [1.54, 1.807) is 0 Å². The van der Waals surface area contributed by atoms with Crippen LogP contribution >= 0.6 is 46.4 Å². The van der Waals surface area contributed by atoms with Gasteiger partial charge in [0.15, 0.2) is 4.90 Å². The molecule has 138 valence electrons. The van der Waals surface area contributed by atoms with Crippen LogP contribution < -0.4 is 4.31 Å². The number of rotatable bonds is 6. The Balaban J connectivity index is 2.74. The fourth-order valence-corrected chi connectivity index (χ4v) is 4.54. The molecule has 0 spiro atoms. The summed E-state index contributed by atoms with van der Waals surface area (Å²) in [4.78, 5) is 21.1. The average Bonchev–Trinajstić information content (AvgIpc) is 2.56. The lowest BCUT2D eigenvalue weighted by Gasteiger charge is -2.24. The highest BCUT2D eigenvalue weighted by atomic mass is 35.5. The SMILES string of the molecule is O=C(Cl)CN(c1cc(Cl)c(Cl)cc1Cl)S(=O)(=O)c1ccccc1[N+](=O)[O-]. The first-order valence-corrected chi connectivity index (χ1v) is 9.60. The van der Waals surface area contributed by atoms with E-state index in [1.807, 2.05) is 0 Å². The minimum absolute atomic E-state index is 0.0316. The Morgan fingerprint density at radius 1 is 1.08 bits per heavy atom. The highest BCUT2D eigenvalue weighted by Crippen LogP contribution is 2.38. The number of anilines is 1. The van der Waals surface area contributed by atoms with Gasteiger partial charge in [-0.1, -0.05) is 46.9 Å². The van der Waals surface area contributed by atoms with E-state index in [0.717, 1.165) is 18.2 Å². The number of halogens is 4. The molecule has 0 saturated carbocycles. The van der Waals surface area contributed by atoms with Gasteiger partial charge in [-0.2, -0.15) is 0 Å². The number of nitro groups is 1. The summed E-state index contributed by atoms with van der Waals surface area (Å²) in [6.45, 7) is -0.826. The molecule has 0 atom stereocenters. The van der Waals surface area contributed by atoms with Gasteiger partial charge in [-0.15, -0.1) is 0 Å². The number of sulfonamides is 1. The molecule has 2 rings (SSSR count). The molecule has 0 unspecified atom stereocenters. The van der Waals surface area contributed by atoms with Gasteiger partial charge in [0.05, 0.1) is 25.7 Å². The Morgan fingerprint density at radius 3 is 2.23 bits per heavy atom. The molecule has 0 bridgehead atoms.